The lowest BCUT2D eigenvalue weighted by Gasteiger charge is -2.29. The molecule has 2 heterocycles. The zero-order valence-corrected chi connectivity index (χ0v) is 11.9. The molecule has 2 rings (SSSR count). The molecule has 1 aliphatic heterocycles. The lowest BCUT2D eigenvalue weighted by molar-refractivity contribution is 0.0727. The van der Waals surface area contributed by atoms with Crippen LogP contribution in [-0.4, -0.2) is 37.0 Å². The van der Waals surface area contributed by atoms with Gasteiger partial charge in [-0.3, -0.25) is 4.79 Å². The standard InChI is InChI=1S/C15H24N2O2/c1-3-14-13(7-9-19-14)15(18)17(4-2)11-12-6-5-8-16-10-12/h7,9,12,16H,3-6,8,10-11H2,1-2H3. The minimum Gasteiger partial charge on any atom is -0.469 e. The molecule has 1 unspecified atom stereocenters. The van der Waals surface area contributed by atoms with Gasteiger partial charge in [0.05, 0.1) is 11.8 Å². The van der Waals surface area contributed by atoms with Crippen LogP contribution in [0.3, 0.4) is 0 Å². The van der Waals surface area contributed by atoms with Crippen LogP contribution in [0.25, 0.3) is 0 Å². The van der Waals surface area contributed by atoms with Crippen molar-refractivity contribution < 1.29 is 9.21 Å². The molecule has 0 aliphatic carbocycles. The maximum atomic E-state index is 12.5. The van der Waals surface area contributed by atoms with E-state index in [-0.39, 0.29) is 5.91 Å². The van der Waals surface area contributed by atoms with E-state index in [0.29, 0.717) is 5.92 Å². The maximum absolute atomic E-state index is 12.5. The number of hydrogen-bond acceptors (Lipinski definition) is 3. The van der Waals surface area contributed by atoms with Crippen LogP contribution < -0.4 is 5.32 Å². The summed E-state index contributed by atoms with van der Waals surface area (Å²) in [7, 11) is 0. The van der Waals surface area contributed by atoms with E-state index >= 15 is 0 Å². The summed E-state index contributed by atoms with van der Waals surface area (Å²) >= 11 is 0. The second-order valence-corrected chi connectivity index (χ2v) is 5.17. The molecule has 1 amide bonds. The summed E-state index contributed by atoms with van der Waals surface area (Å²) in [6.07, 6.45) is 4.80. The second kappa shape index (κ2) is 6.75. The highest BCUT2D eigenvalue weighted by atomic mass is 16.3. The number of carbonyl (C=O) groups excluding carboxylic acids is 1. The molecule has 1 aromatic heterocycles. The van der Waals surface area contributed by atoms with E-state index in [2.05, 4.69) is 5.32 Å². The number of furan rings is 1. The molecular formula is C15H24N2O2. The van der Waals surface area contributed by atoms with Crippen molar-refractivity contribution in [2.75, 3.05) is 26.2 Å². The molecule has 1 N–H and O–H groups in total. The van der Waals surface area contributed by atoms with E-state index < -0.39 is 0 Å². The minimum absolute atomic E-state index is 0.110. The van der Waals surface area contributed by atoms with Crippen LogP contribution in [0.5, 0.6) is 0 Å². The third kappa shape index (κ3) is 3.38. The predicted octanol–water partition coefficient (Wildman–Crippen LogP) is 2.30. The molecule has 19 heavy (non-hydrogen) atoms. The van der Waals surface area contributed by atoms with Crippen molar-refractivity contribution in [3.63, 3.8) is 0 Å². The Labute approximate surface area is 115 Å². The summed E-state index contributed by atoms with van der Waals surface area (Å²) in [4.78, 5) is 14.5. The van der Waals surface area contributed by atoms with Crippen molar-refractivity contribution in [3.05, 3.63) is 23.7 Å². The van der Waals surface area contributed by atoms with Crippen molar-refractivity contribution in [2.24, 2.45) is 5.92 Å². The number of nitrogens with one attached hydrogen (secondary N) is 1. The Kier molecular flexibility index (Phi) is 5.02. The lowest BCUT2D eigenvalue weighted by atomic mass is 9.98. The van der Waals surface area contributed by atoms with E-state index in [1.165, 1.54) is 12.8 Å². The van der Waals surface area contributed by atoms with Gasteiger partial charge >= 0.3 is 0 Å². The number of aryl methyl sites for hydroxylation is 1. The molecular weight excluding hydrogens is 240 g/mol. The van der Waals surface area contributed by atoms with Crippen LogP contribution in [0, 0.1) is 5.92 Å². The number of piperidine rings is 1. The largest absolute Gasteiger partial charge is 0.469 e. The SMILES string of the molecule is CCc1occc1C(=O)N(CC)CC1CCCNC1. The lowest BCUT2D eigenvalue weighted by Crippen LogP contribution is -2.41. The molecule has 1 atom stereocenters. The van der Waals surface area contributed by atoms with Gasteiger partial charge in [-0.05, 0) is 44.8 Å². The first-order valence-corrected chi connectivity index (χ1v) is 7.32. The summed E-state index contributed by atoms with van der Waals surface area (Å²) in [6, 6.07) is 1.79. The molecule has 0 saturated carbocycles. The monoisotopic (exact) mass is 264 g/mol. The first-order valence-electron chi connectivity index (χ1n) is 7.32. The summed E-state index contributed by atoms with van der Waals surface area (Å²) in [6.45, 7) is 7.78. The predicted molar refractivity (Wildman–Crippen MR) is 75.3 cm³/mol. The van der Waals surface area contributed by atoms with Crippen molar-refractivity contribution >= 4 is 5.91 Å². The summed E-state index contributed by atoms with van der Waals surface area (Å²) < 4.78 is 5.36. The molecule has 1 aliphatic rings. The quantitative estimate of drug-likeness (QED) is 0.887. The highest BCUT2D eigenvalue weighted by Gasteiger charge is 2.23. The van der Waals surface area contributed by atoms with E-state index in [4.69, 9.17) is 4.42 Å². The smallest absolute Gasteiger partial charge is 0.257 e. The van der Waals surface area contributed by atoms with Crippen LogP contribution in [0.15, 0.2) is 16.7 Å². The van der Waals surface area contributed by atoms with Crippen LogP contribution in [0.4, 0.5) is 0 Å². The normalized spacial score (nSPS) is 19.4. The zero-order valence-electron chi connectivity index (χ0n) is 11.9. The molecule has 4 nitrogen and oxygen atoms in total. The number of rotatable bonds is 5. The van der Waals surface area contributed by atoms with Crippen molar-refractivity contribution in [3.8, 4) is 0 Å². The molecule has 0 radical (unpaired) electrons. The Morgan fingerprint density at radius 3 is 3.00 bits per heavy atom. The molecule has 1 aromatic rings. The van der Waals surface area contributed by atoms with Gasteiger partial charge < -0.3 is 14.6 Å². The van der Waals surface area contributed by atoms with Gasteiger partial charge in [-0.2, -0.15) is 0 Å². The van der Waals surface area contributed by atoms with Gasteiger partial charge in [0, 0.05) is 19.5 Å². The van der Waals surface area contributed by atoms with Gasteiger partial charge in [0.15, 0.2) is 0 Å². The molecule has 1 fully saturated rings. The second-order valence-electron chi connectivity index (χ2n) is 5.17. The average molecular weight is 264 g/mol. The van der Waals surface area contributed by atoms with Crippen LogP contribution >= 0.6 is 0 Å². The van der Waals surface area contributed by atoms with Crippen LogP contribution in [-0.2, 0) is 6.42 Å². The van der Waals surface area contributed by atoms with E-state index in [0.717, 1.165) is 43.9 Å². The molecule has 4 heteroatoms. The fourth-order valence-electron chi connectivity index (χ4n) is 2.72. The molecule has 0 aromatic carbocycles. The molecule has 106 valence electrons. The van der Waals surface area contributed by atoms with Crippen LogP contribution in [0.1, 0.15) is 42.8 Å². The molecule has 0 bridgehead atoms. The van der Waals surface area contributed by atoms with Crippen molar-refractivity contribution in [2.45, 2.75) is 33.1 Å². The fraction of sp³-hybridized carbons (Fsp3) is 0.667. The number of carbonyl (C=O) groups is 1. The summed E-state index contributed by atoms with van der Waals surface area (Å²) in [5, 5.41) is 3.40. The number of amides is 1. The number of nitrogens with zero attached hydrogens (tertiary/aromatic N) is 1. The Morgan fingerprint density at radius 2 is 2.37 bits per heavy atom. The summed E-state index contributed by atoms with van der Waals surface area (Å²) in [5.41, 5.74) is 0.730. The number of hydrogen-bond donors (Lipinski definition) is 1. The average Bonchev–Trinajstić information content (AvgIpc) is 2.93. The van der Waals surface area contributed by atoms with E-state index in [9.17, 15) is 4.79 Å². The van der Waals surface area contributed by atoms with Crippen LogP contribution in [0.2, 0.25) is 0 Å². The van der Waals surface area contributed by atoms with Gasteiger partial charge in [-0.15, -0.1) is 0 Å². The highest BCUT2D eigenvalue weighted by Crippen LogP contribution is 2.17. The summed E-state index contributed by atoms with van der Waals surface area (Å²) in [5.74, 6) is 1.48. The zero-order chi connectivity index (χ0) is 13.7. The Hall–Kier alpha value is -1.29. The first kappa shape index (κ1) is 14.1. The fourth-order valence-corrected chi connectivity index (χ4v) is 2.72. The minimum atomic E-state index is 0.110. The van der Waals surface area contributed by atoms with Crippen molar-refractivity contribution in [1.82, 2.24) is 10.2 Å². The van der Waals surface area contributed by atoms with E-state index in [1.807, 2.05) is 18.7 Å². The maximum Gasteiger partial charge on any atom is 0.257 e. The van der Waals surface area contributed by atoms with Crippen molar-refractivity contribution in [1.29, 1.82) is 0 Å². The Balaban J connectivity index is 2.02. The van der Waals surface area contributed by atoms with Gasteiger partial charge in [0.25, 0.3) is 5.91 Å². The van der Waals surface area contributed by atoms with Gasteiger partial charge in [0.1, 0.15) is 5.76 Å². The van der Waals surface area contributed by atoms with Gasteiger partial charge in [-0.1, -0.05) is 6.92 Å². The third-order valence-corrected chi connectivity index (χ3v) is 3.84. The Morgan fingerprint density at radius 1 is 1.53 bits per heavy atom. The molecule has 1 saturated heterocycles. The third-order valence-electron chi connectivity index (χ3n) is 3.84. The first-order chi connectivity index (χ1) is 9.26. The highest BCUT2D eigenvalue weighted by molar-refractivity contribution is 5.95. The van der Waals surface area contributed by atoms with Gasteiger partial charge in [-0.25, -0.2) is 0 Å². The van der Waals surface area contributed by atoms with E-state index in [1.54, 1.807) is 12.3 Å². The van der Waals surface area contributed by atoms with Gasteiger partial charge in [0.2, 0.25) is 0 Å². The topological polar surface area (TPSA) is 45.5 Å². The molecule has 0 spiro atoms. The Bertz CT molecular complexity index is 408.